The minimum Gasteiger partial charge on any atom is -0.455 e. The van der Waals surface area contributed by atoms with E-state index >= 15 is 0 Å². The fourth-order valence-corrected chi connectivity index (χ4v) is 6.85. The summed E-state index contributed by atoms with van der Waals surface area (Å²) in [4.78, 5) is 0. The highest BCUT2D eigenvalue weighted by Crippen LogP contribution is 2.44. The van der Waals surface area contributed by atoms with Crippen LogP contribution in [0.3, 0.4) is 0 Å². The van der Waals surface area contributed by atoms with Crippen LogP contribution in [0.2, 0.25) is 0 Å². The highest BCUT2D eigenvalue weighted by atomic mass is 16.3. The topological polar surface area (TPSA) is 23.0 Å². The largest absolute Gasteiger partial charge is 0.455 e. The quantitative estimate of drug-likeness (QED) is 0.171. The summed E-state index contributed by atoms with van der Waals surface area (Å²) in [5, 5.41) is -3.98. The maximum atomic E-state index is 10.1. The molecule has 0 unspecified atom stereocenters. The van der Waals surface area contributed by atoms with Crippen molar-refractivity contribution in [2.45, 2.75) is 0 Å². The lowest BCUT2D eigenvalue weighted by molar-refractivity contribution is 0.670. The Labute approximate surface area is 376 Å². The van der Waals surface area contributed by atoms with Crippen LogP contribution in [0.5, 0.6) is 0 Å². The van der Waals surface area contributed by atoms with Crippen molar-refractivity contribution in [3.8, 4) is 44.8 Å². The maximum Gasteiger partial charge on any atom is 0.145 e. The van der Waals surface area contributed by atoms with E-state index < -0.39 is 316 Å². The molecular formula is C54H34N2O. The van der Waals surface area contributed by atoms with E-state index in [0.29, 0.717) is 9.13 Å². The van der Waals surface area contributed by atoms with Crippen LogP contribution in [-0.2, 0) is 0 Å². The van der Waals surface area contributed by atoms with Crippen molar-refractivity contribution >= 4 is 65.6 Å². The van der Waals surface area contributed by atoms with Gasteiger partial charge >= 0.3 is 0 Å². The first-order chi connectivity index (χ1) is 42.4. The van der Waals surface area contributed by atoms with Gasteiger partial charge in [0, 0.05) is 43.6 Å². The number of para-hydroxylation sites is 3. The Bertz CT molecular complexity index is 5470. The first kappa shape index (κ1) is 13.0. The number of hydrogen-bond acceptors (Lipinski definition) is 1. The second kappa shape index (κ2) is 12.5. The summed E-state index contributed by atoms with van der Waals surface area (Å²) in [5.74, 6) is 0. The van der Waals surface area contributed by atoms with Crippen molar-refractivity contribution in [2.75, 3.05) is 0 Å². The van der Waals surface area contributed by atoms with Crippen molar-refractivity contribution in [1.82, 2.24) is 9.13 Å². The number of fused-ring (bicyclic) bond motifs is 9. The Kier molecular flexibility index (Phi) is 2.84. The summed E-state index contributed by atoms with van der Waals surface area (Å²) in [6, 6.07) is -33.9. The molecule has 9 aromatic carbocycles. The molecule has 0 atom stereocenters. The van der Waals surface area contributed by atoms with E-state index in [-0.39, 0.29) is 0 Å². The molecule has 0 aliphatic heterocycles. The van der Waals surface area contributed by atoms with Gasteiger partial charge in [0.25, 0.3) is 0 Å². The summed E-state index contributed by atoms with van der Waals surface area (Å²) < 4.78 is 317. The van der Waals surface area contributed by atoms with E-state index in [1.54, 1.807) is 0 Å². The average Bonchev–Trinajstić information content (AvgIpc) is 1.54. The lowest BCUT2D eigenvalue weighted by Gasteiger charge is -2.15. The van der Waals surface area contributed by atoms with Crippen LogP contribution in [0.1, 0.15) is 46.6 Å². The maximum absolute atomic E-state index is 10.1. The van der Waals surface area contributed by atoms with Crippen molar-refractivity contribution in [1.29, 1.82) is 0 Å². The molecule has 0 amide bonds. The number of furan rings is 1. The van der Waals surface area contributed by atoms with E-state index in [2.05, 4.69) is 0 Å². The number of hydrogen-bond donors (Lipinski definition) is 0. The zero-order chi connectivity index (χ0) is 67.0. The Morgan fingerprint density at radius 3 is 1.56 bits per heavy atom. The summed E-state index contributed by atoms with van der Waals surface area (Å²) >= 11 is 0. The standard InChI is InChI=1S/C54H34N2O/c1-3-14-35(15-4-1)37-18-13-19-40(32-37)55-47-23-10-7-20-41(47)45-33-38(26-29-49(45)55)39-27-30-50-46(34-39)42-21-8-11-24-48(42)56(50)51-31-28-44-43-22-9-12-25-52(43)57-54(44)53(51)36-16-5-2-6-17-36/h1-34H/i1D,2D,3D,4D,5D,6D,7D,8D,9D,10D,11D,12D,13D,14D,15D,16D,17D,18D,19D,20D,21D,22D,23D,24D,25D,26D,27D,28D,29D,30D,31D,32D,33D,34D. The number of aromatic nitrogens is 2. The fraction of sp³-hybridized carbons (Fsp3) is 0. The van der Waals surface area contributed by atoms with Gasteiger partial charge in [0.1, 0.15) is 11.2 Å². The Hall–Kier alpha value is -7.62. The van der Waals surface area contributed by atoms with Crippen molar-refractivity contribution in [2.24, 2.45) is 0 Å². The molecule has 266 valence electrons. The Morgan fingerprint density at radius 1 is 0.333 bits per heavy atom. The van der Waals surface area contributed by atoms with Crippen molar-refractivity contribution in [3.63, 3.8) is 0 Å². The third kappa shape index (κ3) is 4.86. The van der Waals surface area contributed by atoms with Gasteiger partial charge in [-0.3, -0.25) is 0 Å². The van der Waals surface area contributed by atoms with Gasteiger partial charge in [-0.2, -0.15) is 0 Å². The third-order valence-electron chi connectivity index (χ3n) is 9.23. The van der Waals surface area contributed by atoms with Gasteiger partial charge in [0.05, 0.1) is 74.4 Å². The number of benzene rings is 9. The molecule has 3 heteroatoms. The highest BCUT2D eigenvalue weighted by Gasteiger charge is 2.22. The van der Waals surface area contributed by atoms with E-state index in [9.17, 15) is 21.9 Å². The zero-order valence-corrected chi connectivity index (χ0v) is 28.3. The predicted molar refractivity (Wildman–Crippen MR) is 239 cm³/mol. The molecule has 0 spiro atoms. The molecule has 0 bridgehead atoms. The predicted octanol–water partition coefficient (Wildman–Crippen LogP) is 14.8. The lowest BCUT2D eigenvalue weighted by atomic mass is 9.99. The fourth-order valence-electron chi connectivity index (χ4n) is 6.85. The van der Waals surface area contributed by atoms with Gasteiger partial charge < -0.3 is 13.6 Å². The van der Waals surface area contributed by atoms with Gasteiger partial charge in [0.15, 0.2) is 0 Å². The highest BCUT2D eigenvalue weighted by molar-refractivity contribution is 6.15. The minimum atomic E-state index is -1.17. The molecule has 3 heterocycles. The van der Waals surface area contributed by atoms with Crippen LogP contribution in [0.25, 0.3) is 110 Å². The first-order valence-corrected chi connectivity index (χ1v) is 16.7. The van der Waals surface area contributed by atoms with Gasteiger partial charge in [-0.1, -0.05) is 139 Å². The van der Waals surface area contributed by atoms with Crippen molar-refractivity contribution in [3.05, 3.63) is 205 Å². The van der Waals surface area contributed by atoms with Crippen molar-refractivity contribution < 1.29 is 51.0 Å². The van der Waals surface area contributed by atoms with Gasteiger partial charge in [0.2, 0.25) is 0 Å². The molecule has 3 aromatic heterocycles. The molecule has 0 N–H and O–H groups in total. The van der Waals surface area contributed by atoms with Crippen LogP contribution in [0.15, 0.2) is 210 Å². The summed E-state index contributed by atoms with van der Waals surface area (Å²) in [5.41, 5.74) is -11.5. The molecule has 0 fully saturated rings. The van der Waals surface area contributed by atoms with E-state index in [1.807, 2.05) is 0 Å². The second-order valence-corrected chi connectivity index (χ2v) is 12.3. The normalized spacial score (nSPS) is 20.2. The van der Waals surface area contributed by atoms with Crippen LogP contribution >= 0.6 is 0 Å². The van der Waals surface area contributed by atoms with E-state index in [1.165, 1.54) is 0 Å². The molecule has 12 rings (SSSR count). The molecule has 57 heavy (non-hydrogen) atoms. The lowest BCUT2D eigenvalue weighted by Crippen LogP contribution is -1.97. The van der Waals surface area contributed by atoms with Gasteiger partial charge in [-0.25, -0.2) is 0 Å². The van der Waals surface area contributed by atoms with Gasteiger partial charge in [-0.05, 0) is 94.3 Å². The zero-order valence-electron chi connectivity index (χ0n) is 62.3. The second-order valence-electron chi connectivity index (χ2n) is 12.3. The summed E-state index contributed by atoms with van der Waals surface area (Å²) in [6.45, 7) is 0. The van der Waals surface area contributed by atoms with Crippen LogP contribution in [-0.4, -0.2) is 9.13 Å². The van der Waals surface area contributed by atoms with Gasteiger partial charge in [-0.15, -0.1) is 0 Å². The molecule has 0 saturated carbocycles. The molecule has 0 aliphatic rings. The first-order valence-electron chi connectivity index (χ1n) is 33.7. The molecule has 0 radical (unpaired) electrons. The number of nitrogens with zero attached hydrogens (tertiary/aromatic N) is 2. The van der Waals surface area contributed by atoms with E-state index in [4.69, 9.17) is 29.1 Å². The van der Waals surface area contributed by atoms with E-state index in [0.717, 1.165) is 0 Å². The summed E-state index contributed by atoms with van der Waals surface area (Å²) in [6.07, 6.45) is 0. The SMILES string of the molecule is [2H]c1c([2H])c([2H])c(-c2c([2H])c([2H])c([2H])c(-n3c4c([2H])c([2H])c([2H])c([2H])c4c4c([2H])c(-c5c([2H])c([2H])c6c(c5[2H])c5c([2H])c([2H])c([2H])c([2H])c5n6-c5c([2H])c([2H])c6c(oc7c([2H])c([2H])c([2H])c([2H])c76)c5-c5c([2H])c([2H])c([2H])c([2H])c5[2H])c([2H])c([2H])c43)c2[2H])c([2H])c1[2H]. The molecular weight excluding hydrogens is 693 g/mol. The Morgan fingerprint density at radius 2 is 0.860 bits per heavy atom. The third-order valence-corrected chi connectivity index (χ3v) is 9.23. The number of rotatable bonds is 5. The monoisotopic (exact) mass is 760 g/mol. The minimum absolute atomic E-state index is 0.511. The molecule has 0 saturated heterocycles. The Balaban J connectivity index is 1.29. The molecule has 0 aliphatic carbocycles. The average molecular weight is 761 g/mol. The summed E-state index contributed by atoms with van der Waals surface area (Å²) in [7, 11) is 0. The molecule has 3 nitrogen and oxygen atoms in total. The molecule has 12 aromatic rings. The van der Waals surface area contributed by atoms with Crippen LogP contribution in [0.4, 0.5) is 0 Å². The van der Waals surface area contributed by atoms with Crippen LogP contribution < -0.4 is 0 Å². The smallest absolute Gasteiger partial charge is 0.145 e. The van der Waals surface area contributed by atoms with Crippen LogP contribution in [0, 0.1) is 0 Å².